The van der Waals surface area contributed by atoms with E-state index in [0.717, 1.165) is 11.6 Å². The van der Waals surface area contributed by atoms with Gasteiger partial charge in [0.2, 0.25) is 6.41 Å². The molecule has 0 bridgehead atoms. The summed E-state index contributed by atoms with van der Waals surface area (Å²) in [6.07, 6.45) is 1.34. The number of amides is 1. The van der Waals surface area contributed by atoms with Gasteiger partial charge >= 0.3 is 0 Å². The number of carbonyl (C=O) groups is 1. The van der Waals surface area contributed by atoms with Crippen LogP contribution in [0, 0.1) is 6.92 Å². The Hall–Kier alpha value is -1.39. The zero-order valence-corrected chi connectivity index (χ0v) is 6.29. The number of hydrogen-bond acceptors (Lipinski definition) is 3. The Balaban J connectivity index is 2.32. The molecule has 0 aromatic carbocycles. The normalized spacial score (nSPS) is 9.55. The minimum atomic E-state index is 0.584. The third-order valence-electron chi connectivity index (χ3n) is 1.22. The van der Waals surface area contributed by atoms with Crippen LogP contribution in [0.15, 0.2) is 0 Å². The summed E-state index contributed by atoms with van der Waals surface area (Å²) in [6.45, 7) is 2.42. The molecule has 1 amide bonds. The SMILES string of the molecule is Cc1nc(CCNC=O)n[nH]1. The van der Waals surface area contributed by atoms with Gasteiger partial charge < -0.3 is 5.32 Å². The molecule has 1 aromatic heterocycles. The minimum absolute atomic E-state index is 0.584. The van der Waals surface area contributed by atoms with E-state index in [9.17, 15) is 4.79 Å². The molecule has 0 unspecified atom stereocenters. The van der Waals surface area contributed by atoms with Crippen LogP contribution < -0.4 is 5.32 Å². The number of H-pyrrole nitrogens is 1. The van der Waals surface area contributed by atoms with E-state index in [-0.39, 0.29) is 0 Å². The Morgan fingerprint density at radius 3 is 3.09 bits per heavy atom. The lowest BCUT2D eigenvalue weighted by atomic mass is 10.4. The van der Waals surface area contributed by atoms with Crippen LogP contribution in [0.3, 0.4) is 0 Å². The van der Waals surface area contributed by atoms with Crippen LogP contribution in [-0.4, -0.2) is 28.1 Å². The number of aromatic nitrogens is 3. The smallest absolute Gasteiger partial charge is 0.207 e. The highest BCUT2D eigenvalue weighted by molar-refractivity contribution is 5.45. The second-order valence-electron chi connectivity index (χ2n) is 2.16. The maximum atomic E-state index is 9.84. The summed E-state index contributed by atoms with van der Waals surface area (Å²) in [5, 5.41) is 9.15. The highest BCUT2D eigenvalue weighted by Gasteiger charge is 1.97. The zero-order chi connectivity index (χ0) is 8.10. The Morgan fingerprint density at radius 2 is 2.55 bits per heavy atom. The molecule has 0 saturated carbocycles. The van der Waals surface area contributed by atoms with Crippen LogP contribution in [0.25, 0.3) is 0 Å². The summed E-state index contributed by atoms with van der Waals surface area (Å²) < 4.78 is 0. The summed E-state index contributed by atoms with van der Waals surface area (Å²) in [6, 6.07) is 0. The van der Waals surface area contributed by atoms with E-state index in [4.69, 9.17) is 0 Å². The maximum absolute atomic E-state index is 9.84. The molecule has 0 spiro atoms. The van der Waals surface area contributed by atoms with Gasteiger partial charge in [-0.1, -0.05) is 0 Å². The van der Waals surface area contributed by atoms with Crippen LogP contribution in [0.1, 0.15) is 11.6 Å². The van der Waals surface area contributed by atoms with Gasteiger partial charge in [-0.25, -0.2) is 4.98 Å². The van der Waals surface area contributed by atoms with Gasteiger partial charge in [0.25, 0.3) is 0 Å². The summed E-state index contributed by atoms with van der Waals surface area (Å²) in [7, 11) is 0. The fourth-order valence-electron chi connectivity index (χ4n) is 0.744. The molecule has 5 nitrogen and oxygen atoms in total. The second-order valence-corrected chi connectivity index (χ2v) is 2.16. The summed E-state index contributed by atoms with van der Waals surface area (Å²) in [4.78, 5) is 13.9. The van der Waals surface area contributed by atoms with Gasteiger partial charge in [0.15, 0.2) is 5.82 Å². The molecule has 0 radical (unpaired) electrons. The van der Waals surface area contributed by atoms with Crippen molar-refractivity contribution in [2.45, 2.75) is 13.3 Å². The number of carbonyl (C=O) groups excluding carboxylic acids is 1. The van der Waals surface area contributed by atoms with Crippen LogP contribution in [0.5, 0.6) is 0 Å². The Bertz CT molecular complexity index is 232. The van der Waals surface area contributed by atoms with Crippen molar-refractivity contribution in [1.29, 1.82) is 0 Å². The van der Waals surface area contributed by atoms with Crippen molar-refractivity contribution in [1.82, 2.24) is 20.5 Å². The molecule has 0 aliphatic rings. The van der Waals surface area contributed by atoms with Crippen molar-refractivity contribution in [2.75, 3.05) is 6.54 Å². The highest BCUT2D eigenvalue weighted by Crippen LogP contribution is 1.89. The zero-order valence-electron chi connectivity index (χ0n) is 6.29. The predicted molar refractivity (Wildman–Crippen MR) is 38.9 cm³/mol. The molecule has 1 aromatic rings. The quantitative estimate of drug-likeness (QED) is 0.449. The molecule has 2 N–H and O–H groups in total. The van der Waals surface area contributed by atoms with Crippen molar-refractivity contribution < 1.29 is 4.79 Å². The first-order valence-electron chi connectivity index (χ1n) is 3.38. The molecule has 0 aliphatic heterocycles. The molecule has 0 fully saturated rings. The van der Waals surface area contributed by atoms with Crippen molar-refractivity contribution in [3.05, 3.63) is 11.6 Å². The van der Waals surface area contributed by atoms with E-state index in [1.54, 1.807) is 0 Å². The van der Waals surface area contributed by atoms with Crippen LogP contribution in [-0.2, 0) is 11.2 Å². The Morgan fingerprint density at radius 1 is 1.73 bits per heavy atom. The van der Waals surface area contributed by atoms with Crippen molar-refractivity contribution >= 4 is 6.41 Å². The molecular weight excluding hydrogens is 144 g/mol. The highest BCUT2D eigenvalue weighted by atomic mass is 16.1. The fraction of sp³-hybridized carbons (Fsp3) is 0.500. The lowest BCUT2D eigenvalue weighted by Gasteiger charge is -1.91. The van der Waals surface area contributed by atoms with Crippen molar-refractivity contribution in [2.24, 2.45) is 0 Å². The monoisotopic (exact) mass is 154 g/mol. The van der Waals surface area contributed by atoms with Crippen LogP contribution >= 0.6 is 0 Å². The molecule has 11 heavy (non-hydrogen) atoms. The van der Waals surface area contributed by atoms with Gasteiger partial charge in [0.05, 0.1) is 0 Å². The van der Waals surface area contributed by atoms with E-state index in [0.29, 0.717) is 19.4 Å². The van der Waals surface area contributed by atoms with E-state index < -0.39 is 0 Å². The summed E-state index contributed by atoms with van der Waals surface area (Å²) >= 11 is 0. The van der Waals surface area contributed by atoms with Gasteiger partial charge in [-0.05, 0) is 6.92 Å². The number of rotatable bonds is 4. The topological polar surface area (TPSA) is 70.7 Å². The standard InChI is InChI=1S/C6H10N4O/c1-5-8-6(10-9-5)2-3-7-4-11/h4H,2-3H2,1H3,(H,7,11)(H,8,9,10). The maximum Gasteiger partial charge on any atom is 0.207 e. The Kier molecular flexibility index (Phi) is 2.59. The molecule has 60 valence electrons. The third-order valence-corrected chi connectivity index (χ3v) is 1.22. The van der Waals surface area contributed by atoms with Crippen LogP contribution in [0.4, 0.5) is 0 Å². The van der Waals surface area contributed by atoms with Crippen LogP contribution in [0.2, 0.25) is 0 Å². The van der Waals surface area contributed by atoms with Gasteiger partial charge in [0, 0.05) is 13.0 Å². The van der Waals surface area contributed by atoms with Gasteiger partial charge in [-0.3, -0.25) is 9.89 Å². The first kappa shape index (κ1) is 7.71. The molecule has 1 rings (SSSR count). The van der Waals surface area contributed by atoms with E-state index in [2.05, 4.69) is 20.5 Å². The first-order chi connectivity index (χ1) is 5.33. The largest absolute Gasteiger partial charge is 0.358 e. The molecule has 5 heteroatoms. The Labute approximate surface area is 64.2 Å². The lowest BCUT2D eigenvalue weighted by Crippen LogP contribution is -2.14. The lowest BCUT2D eigenvalue weighted by molar-refractivity contribution is -0.109. The van der Waals surface area contributed by atoms with E-state index in [1.807, 2.05) is 6.92 Å². The van der Waals surface area contributed by atoms with Crippen molar-refractivity contribution in [3.8, 4) is 0 Å². The average Bonchev–Trinajstić information content (AvgIpc) is 2.37. The molecule has 0 saturated heterocycles. The summed E-state index contributed by atoms with van der Waals surface area (Å²) in [5.41, 5.74) is 0. The molecule has 0 atom stereocenters. The summed E-state index contributed by atoms with van der Waals surface area (Å²) in [5.74, 6) is 1.53. The number of aromatic amines is 1. The van der Waals surface area contributed by atoms with Crippen molar-refractivity contribution in [3.63, 3.8) is 0 Å². The second kappa shape index (κ2) is 3.70. The number of nitrogens with zero attached hydrogens (tertiary/aromatic N) is 2. The van der Waals surface area contributed by atoms with E-state index >= 15 is 0 Å². The number of hydrogen-bond donors (Lipinski definition) is 2. The molecular formula is C6H10N4O. The van der Waals surface area contributed by atoms with E-state index in [1.165, 1.54) is 0 Å². The predicted octanol–water partition coefficient (Wildman–Crippen LogP) is -0.598. The first-order valence-corrected chi connectivity index (χ1v) is 3.38. The molecule has 1 heterocycles. The fourth-order valence-corrected chi connectivity index (χ4v) is 0.744. The number of aryl methyl sites for hydroxylation is 1. The van der Waals surface area contributed by atoms with Gasteiger partial charge in [-0.15, -0.1) is 0 Å². The van der Waals surface area contributed by atoms with Gasteiger partial charge in [0.1, 0.15) is 5.82 Å². The molecule has 0 aliphatic carbocycles. The number of nitrogens with one attached hydrogen (secondary N) is 2. The minimum Gasteiger partial charge on any atom is -0.358 e. The van der Waals surface area contributed by atoms with Gasteiger partial charge in [-0.2, -0.15) is 5.10 Å². The third kappa shape index (κ3) is 2.37. The average molecular weight is 154 g/mol.